The van der Waals surface area contributed by atoms with Crippen LogP contribution in [0.4, 0.5) is 0 Å². The first-order valence-electron chi connectivity index (χ1n) is 7.74. The second-order valence-electron chi connectivity index (χ2n) is 5.66. The monoisotopic (exact) mass is 390 g/mol. The van der Waals surface area contributed by atoms with Gasteiger partial charge in [-0.1, -0.05) is 28.1 Å². The molecule has 0 unspecified atom stereocenters. The van der Waals surface area contributed by atoms with Crippen LogP contribution in [0.1, 0.15) is 18.9 Å². The number of ether oxygens (including phenoxy) is 1. The highest BCUT2D eigenvalue weighted by Gasteiger charge is 2.17. The summed E-state index contributed by atoms with van der Waals surface area (Å²) in [6.45, 7) is 2.13. The summed E-state index contributed by atoms with van der Waals surface area (Å²) < 4.78 is 8.43. The summed E-state index contributed by atoms with van der Waals surface area (Å²) in [6, 6.07) is 15.1. The van der Waals surface area contributed by atoms with Crippen LogP contribution in [0.15, 0.2) is 53.0 Å². The van der Waals surface area contributed by atoms with Gasteiger partial charge in [0, 0.05) is 4.47 Å². The van der Waals surface area contributed by atoms with Gasteiger partial charge in [0.15, 0.2) is 0 Å². The van der Waals surface area contributed by atoms with E-state index in [9.17, 15) is 10.2 Å². The Hall–Kier alpha value is -1.89. The Morgan fingerprint density at radius 2 is 1.83 bits per heavy atom. The topological polar surface area (TPSA) is 67.5 Å². The van der Waals surface area contributed by atoms with Crippen molar-refractivity contribution < 1.29 is 14.9 Å². The summed E-state index contributed by atoms with van der Waals surface area (Å²) in [5.74, 6) is 1.24. The van der Waals surface area contributed by atoms with Crippen molar-refractivity contribution in [3.8, 4) is 5.75 Å². The zero-order valence-electron chi connectivity index (χ0n) is 13.3. The summed E-state index contributed by atoms with van der Waals surface area (Å²) >= 11 is 3.37. The number of benzene rings is 2. The molecule has 3 rings (SSSR count). The van der Waals surface area contributed by atoms with E-state index in [2.05, 4.69) is 20.9 Å². The molecular formula is C18H19BrN2O3. The van der Waals surface area contributed by atoms with Crippen LogP contribution in [0.3, 0.4) is 0 Å². The van der Waals surface area contributed by atoms with Crippen LogP contribution >= 0.6 is 15.9 Å². The van der Waals surface area contributed by atoms with E-state index in [1.807, 2.05) is 53.1 Å². The van der Waals surface area contributed by atoms with Crippen molar-refractivity contribution in [2.24, 2.45) is 0 Å². The van der Waals surface area contributed by atoms with E-state index in [1.54, 1.807) is 6.92 Å². The van der Waals surface area contributed by atoms with Crippen LogP contribution in [0.5, 0.6) is 5.75 Å². The molecule has 0 aliphatic heterocycles. The van der Waals surface area contributed by atoms with E-state index in [1.165, 1.54) is 0 Å². The number of nitrogens with zero attached hydrogens (tertiary/aromatic N) is 2. The van der Waals surface area contributed by atoms with Gasteiger partial charge in [-0.25, -0.2) is 4.98 Å². The molecular weight excluding hydrogens is 372 g/mol. The van der Waals surface area contributed by atoms with Gasteiger partial charge < -0.3 is 19.5 Å². The van der Waals surface area contributed by atoms with E-state index >= 15 is 0 Å². The smallest absolute Gasteiger partial charge is 0.138 e. The number of aliphatic hydroxyl groups is 2. The van der Waals surface area contributed by atoms with Crippen LogP contribution in [-0.2, 0) is 6.54 Å². The van der Waals surface area contributed by atoms with Gasteiger partial charge in [-0.05, 0) is 43.3 Å². The number of aliphatic hydroxyl groups excluding tert-OH is 2. The molecule has 6 heteroatoms. The Balaban J connectivity index is 1.73. The number of halogens is 1. The fourth-order valence-electron chi connectivity index (χ4n) is 2.59. The molecule has 0 aliphatic rings. The fraction of sp³-hybridized carbons (Fsp3) is 0.278. The second kappa shape index (κ2) is 7.34. The lowest BCUT2D eigenvalue weighted by molar-refractivity contribution is 0.0895. The van der Waals surface area contributed by atoms with Gasteiger partial charge >= 0.3 is 0 Å². The minimum Gasteiger partial charge on any atom is -0.491 e. The molecule has 0 fully saturated rings. The fourth-order valence-corrected chi connectivity index (χ4v) is 2.86. The second-order valence-corrected chi connectivity index (χ2v) is 6.58. The molecule has 3 aromatic rings. The van der Waals surface area contributed by atoms with Crippen molar-refractivity contribution in [1.29, 1.82) is 0 Å². The molecule has 0 saturated heterocycles. The van der Waals surface area contributed by atoms with Crippen LogP contribution in [0.25, 0.3) is 11.0 Å². The average Bonchev–Trinajstić information content (AvgIpc) is 2.93. The summed E-state index contributed by atoms with van der Waals surface area (Å²) in [5, 5.41) is 20.3. The predicted octanol–water partition coefficient (Wildman–Crippen LogP) is 3.29. The Morgan fingerprint density at radius 3 is 2.54 bits per heavy atom. The summed E-state index contributed by atoms with van der Waals surface area (Å²) in [4.78, 5) is 4.45. The van der Waals surface area contributed by atoms with E-state index in [-0.39, 0.29) is 6.61 Å². The van der Waals surface area contributed by atoms with Crippen molar-refractivity contribution in [3.63, 3.8) is 0 Å². The number of fused-ring (bicyclic) bond motifs is 1. The molecule has 2 aromatic carbocycles. The largest absolute Gasteiger partial charge is 0.491 e. The number of imidazole rings is 1. The van der Waals surface area contributed by atoms with Gasteiger partial charge in [0.1, 0.15) is 30.4 Å². The van der Waals surface area contributed by atoms with Crippen molar-refractivity contribution in [3.05, 3.63) is 58.8 Å². The van der Waals surface area contributed by atoms with Gasteiger partial charge in [0.2, 0.25) is 0 Å². The molecule has 1 aromatic heterocycles. The molecule has 2 atom stereocenters. The van der Waals surface area contributed by atoms with E-state index in [0.717, 1.165) is 15.5 Å². The maximum atomic E-state index is 10.3. The first kappa shape index (κ1) is 17.0. The molecule has 5 nitrogen and oxygen atoms in total. The SMILES string of the molecule is C[C@@H](O)c1nc2ccccc2n1C[C@@H](O)COc1ccc(Br)cc1. The molecule has 2 N–H and O–H groups in total. The van der Waals surface area contributed by atoms with Crippen molar-refractivity contribution >= 4 is 27.0 Å². The van der Waals surface area contributed by atoms with Crippen molar-refractivity contribution in [1.82, 2.24) is 9.55 Å². The minimum atomic E-state index is -0.719. The number of para-hydroxylation sites is 2. The van der Waals surface area contributed by atoms with Gasteiger partial charge in [-0.2, -0.15) is 0 Å². The van der Waals surface area contributed by atoms with E-state index in [4.69, 9.17) is 4.74 Å². The number of hydrogen-bond acceptors (Lipinski definition) is 4. The highest BCUT2D eigenvalue weighted by atomic mass is 79.9. The lowest BCUT2D eigenvalue weighted by Gasteiger charge is -2.16. The van der Waals surface area contributed by atoms with Crippen LogP contribution < -0.4 is 4.74 Å². The molecule has 0 radical (unpaired) electrons. The van der Waals surface area contributed by atoms with Crippen molar-refractivity contribution in [2.75, 3.05) is 6.61 Å². The minimum absolute atomic E-state index is 0.160. The third kappa shape index (κ3) is 3.77. The van der Waals surface area contributed by atoms with E-state index in [0.29, 0.717) is 18.1 Å². The summed E-state index contributed by atoms with van der Waals surface area (Å²) in [7, 11) is 0. The third-order valence-electron chi connectivity index (χ3n) is 3.71. The van der Waals surface area contributed by atoms with Crippen LogP contribution in [-0.4, -0.2) is 32.5 Å². The van der Waals surface area contributed by atoms with Gasteiger partial charge in [-0.3, -0.25) is 0 Å². The molecule has 0 amide bonds. The van der Waals surface area contributed by atoms with Gasteiger partial charge in [0.05, 0.1) is 17.6 Å². The predicted molar refractivity (Wildman–Crippen MR) is 96.0 cm³/mol. The summed E-state index contributed by atoms with van der Waals surface area (Å²) in [5.41, 5.74) is 1.69. The highest BCUT2D eigenvalue weighted by molar-refractivity contribution is 9.10. The van der Waals surface area contributed by atoms with Crippen molar-refractivity contribution in [2.45, 2.75) is 25.7 Å². The zero-order chi connectivity index (χ0) is 17.1. The first-order valence-corrected chi connectivity index (χ1v) is 8.53. The Bertz CT molecular complexity index is 815. The number of aromatic nitrogens is 2. The molecule has 0 bridgehead atoms. The normalized spacial score (nSPS) is 13.8. The molecule has 126 valence electrons. The van der Waals surface area contributed by atoms with Crippen LogP contribution in [0, 0.1) is 0 Å². The summed E-state index contributed by atoms with van der Waals surface area (Å²) in [6.07, 6.45) is -1.43. The maximum Gasteiger partial charge on any atom is 0.138 e. The van der Waals surface area contributed by atoms with Crippen LogP contribution in [0.2, 0.25) is 0 Å². The number of hydrogen-bond donors (Lipinski definition) is 2. The Morgan fingerprint density at radius 1 is 1.12 bits per heavy atom. The molecule has 0 saturated carbocycles. The lowest BCUT2D eigenvalue weighted by atomic mass is 10.3. The molecule has 24 heavy (non-hydrogen) atoms. The lowest BCUT2D eigenvalue weighted by Crippen LogP contribution is -2.25. The molecule has 0 spiro atoms. The molecule has 0 aliphatic carbocycles. The third-order valence-corrected chi connectivity index (χ3v) is 4.24. The first-order chi connectivity index (χ1) is 11.5. The Kier molecular flexibility index (Phi) is 5.18. The highest BCUT2D eigenvalue weighted by Crippen LogP contribution is 2.21. The molecule has 1 heterocycles. The number of rotatable bonds is 6. The zero-order valence-corrected chi connectivity index (χ0v) is 14.8. The van der Waals surface area contributed by atoms with E-state index < -0.39 is 12.2 Å². The average molecular weight is 391 g/mol. The van der Waals surface area contributed by atoms with Gasteiger partial charge in [-0.15, -0.1) is 0 Å². The standard InChI is InChI=1S/C18H19BrN2O3/c1-12(22)18-20-16-4-2-3-5-17(16)21(18)10-14(23)11-24-15-8-6-13(19)7-9-15/h2-9,12,14,22-23H,10-11H2,1H3/t12-,14-/m1/s1. The van der Waals surface area contributed by atoms with Gasteiger partial charge in [0.25, 0.3) is 0 Å². The maximum absolute atomic E-state index is 10.3. The quantitative estimate of drug-likeness (QED) is 0.677. The Labute approximate surface area is 148 Å².